The molecular weight excluding hydrogens is 471 g/mol. The quantitative estimate of drug-likeness (QED) is 0.201. The highest BCUT2D eigenvalue weighted by atomic mass is 35.5. The fraction of sp³-hybridized carbons (Fsp3) is 0.400. The summed E-state index contributed by atoms with van der Waals surface area (Å²) >= 11 is 17.3. The molecule has 0 aliphatic carbocycles. The highest BCUT2D eigenvalue weighted by Crippen LogP contribution is 2.40. The van der Waals surface area contributed by atoms with Crippen molar-refractivity contribution in [2.45, 2.75) is 44.9 Å². The maximum absolute atomic E-state index is 13.1. The molecule has 2 aromatic carbocycles. The van der Waals surface area contributed by atoms with Crippen molar-refractivity contribution in [2.24, 2.45) is 0 Å². The van der Waals surface area contributed by atoms with Crippen LogP contribution in [0.1, 0.15) is 80.7 Å². The van der Waals surface area contributed by atoms with E-state index in [9.17, 15) is 14.4 Å². The lowest BCUT2D eigenvalue weighted by atomic mass is 9.86. The Morgan fingerprint density at radius 1 is 0.750 bits per heavy atom. The lowest BCUT2D eigenvalue weighted by molar-refractivity contribution is 0.0947. The summed E-state index contributed by atoms with van der Waals surface area (Å²) in [5.41, 5.74) is 2.88. The van der Waals surface area contributed by atoms with Crippen molar-refractivity contribution in [1.29, 1.82) is 0 Å². The predicted octanol–water partition coefficient (Wildman–Crippen LogP) is 6.99. The zero-order valence-electron chi connectivity index (χ0n) is 17.7. The summed E-state index contributed by atoms with van der Waals surface area (Å²) in [4.78, 5) is 38.4. The maximum atomic E-state index is 13.1. The highest BCUT2D eigenvalue weighted by Gasteiger charge is 2.28. The Kier molecular flexibility index (Phi) is 9.15. The first-order chi connectivity index (χ1) is 15.5. The second-order valence-electron chi connectivity index (χ2n) is 7.71. The SMILES string of the molecule is O=C(CCCCl)c1ccc2c(c1)Cc1c(ccc(C(=O)CCCCl)c1C(=O)CCCCl)O2. The molecule has 0 N–H and O–H groups in total. The van der Waals surface area contributed by atoms with E-state index in [1.54, 1.807) is 24.3 Å². The number of hydrogen-bond acceptors (Lipinski definition) is 4. The second-order valence-corrected chi connectivity index (χ2v) is 8.85. The van der Waals surface area contributed by atoms with Crippen molar-refractivity contribution in [3.05, 3.63) is 58.1 Å². The minimum atomic E-state index is -0.127. The predicted molar refractivity (Wildman–Crippen MR) is 129 cm³/mol. The van der Waals surface area contributed by atoms with Crippen molar-refractivity contribution >= 4 is 52.2 Å². The van der Waals surface area contributed by atoms with Gasteiger partial charge in [0.05, 0.1) is 0 Å². The van der Waals surface area contributed by atoms with E-state index in [0.29, 0.717) is 83.5 Å². The van der Waals surface area contributed by atoms with Gasteiger partial charge in [-0.05, 0) is 49.6 Å². The van der Waals surface area contributed by atoms with Crippen molar-refractivity contribution in [3.8, 4) is 11.5 Å². The Bertz CT molecular complexity index is 1020. The molecule has 1 heterocycles. The number of ether oxygens (including phenoxy) is 1. The smallest absolute Gasteiger partial charge is 0.164 e. The van der Waals surface area contributed by atoms with Gasteiger partial charge in [0.25, 0.3) is 0 Å². The third-order valence-corrected chi connectivity index (χ3v) is 6.23. The van der Waals surface area contributed by atoms with Gasteiger partial charge in [-0.15, -0.1) is 34.8 Å². The normalized spacial score (nSPS) is 12.0. The van der Waals surface area contributed by atoms with E-state index in [-0.39, 0.29) is 30.2 Å². The number of alkyl halides is 3. The molecule has 1 aliphatic rings. The zero-order chi connectivity index (χ0) is 23.1. The Morgan fingerprint density at radius 2 is 1.34 bits per heavy atom. The van der Waals surface area contributed by atoms with E-state index < -0.39 is 0 Å². The topological polar surface area (TPSA) is 60.4 Å². The maximum Gasteiger partial charge on any atom is 0.164 e. The van der Waals surface area contributed by atoms with Crippen LogP contribution in [-0.4, -0.2) is 35.0 Å². The first-order valence-corrected chi connectivity index (χ1v) is 12.3. The molecule has 0 atom stereocenters. The molecule has 170 valence electrons. The number of carbonyl (C=O) groups is 3. The molecule has 0 unspecified atom stereocenters. The van der Waals surface area contributed by atoms with Gasteiger partial charge >= 0.3 is 0 Å². The van der Waals surface area contributed by atoms with Crippen LogP contribution >= 0.6 is 34.8 Å². The highest BCUT2D eigenvalue weighted by molar-refractivity contribution is 6.18. The summed E-state index contributed by atoms with van der Waals surface area (Å²) < 4.78 is 6.06. The van der Waals surface area contributed by atoms with Gasteiger partial charge in [0.15, 0.2) is 17.3 Å². The molecule has 0 bridgehead atoms. The van der Waals surface area contributed by atoms with Gasteiger partial charge in [0.2, 0.25) is 0 Å². The van der Waals surface area contributed by atoms with Crippen LogP contribution in [0.15, 0.2) is 30.3 Å². The van der Waals surface area contributed by atoms with E-state index in [2.05, 4.69) is 0 Å². The standard InChI is InChI=1S/C25H25Cl3O4/c26-11-1-4-20(29)16-7-9-23-17(14-16)15-19-24(32-23)10-8-18(21(30)5-2-12-27)25(19)22(31)6-3-13-28/h7-10,14H,1-6,11-13,15H2. The van der Waals surface area contributed by atoms with Crippen LogP contribution in [0.5, 0.6) is 11.5 Å². The summed E-state index contributed by atoms with van der Waals surface area (Å²) in [6.45, 7) is 0. The Hall–Kier alpha value is -1.88. The third-order valence-electron chi connectivity index (χ3n) is 5.43. The average molecular weight is 496 g/mol. The van der Waals surface area contributed by atoms with Gasteiger partial charge in [0.1, 0.15) is 11.5 Å². The Balaban J connectivity index is 2.00. The van der Waals surface area contributed by atoms with E-state index in [1.165, 1.54) is 0 Å². The first kappa shape index (κ1) is 24.8. The first-order valence-electron chi connectivity index (χ1n) is 10.7. The van der Waals surface area contributed by atoms with Gasteiger partial charge in [-0.3, -0.25) is 14.4 Å². The average Bonchev–Trinajstić information content (AvgIpc) is 2.81. The molecule has 32 heavy (non-hydrogen) atoms. The van der Waals surface area contributed by atoms with Gasteiger partial charge in [0, 0.05) is 71.1 Å². The van der Waals surface area contributed by atoms with E-state index in [4.69, 9.17) is 39.5 Å². The van der Waals surface area contributed by atoms with Gasteiger partial charge in [-0.25, -0.2) is 0 Å². The van der Waals surface area contributed by atoms with Gasteiger partial charge < -0.3 is 4.74 Å². The van der Waals surface area contributed by atoms with Crippen molar-refractivity contribution in [3.63, 3.8) is 0 Å². The van der Waals surface area contributed by atoms with Crippen molar-refractivity contribution in [2.75, 3.05) is 17.6 Å². The minimum absolute atomic E-state index is 0.0164. The summed E-state index contributed by atoms with van der Waals surface area (Å²) in [5.74, 6) is 2.15. The van der Waals surface area contributed by atoms with E-state index in [0.717, 1.165) is 5.56 Å². The number of halogens is 3. The third kappa shape index (κ3) is 5.72. The van der Waals surface area contributed by atoms with Crippen LogP contribution in [-0.2, 0) is 6.42 Å². The zero-order valence-corrected chi connectivity index (χ0v) is 20.0. The molecule has 4 nitrogen and oxygen atoms in total. The number of rotatable bonds is 12. The summed E-state index contributed by atoms with van der Waals surface area (Å²) in [5, 5.41) is 0. The number of fused-ring (bicyclic) bond motifs is 2. The lowest BCUT2D eigenvalue weighted by Gasteiger charge is -2.24. The number of ketones is 3. The van der Waals surface area contributed by atoms with E-state index in [1.807, 2.05) is 6.07 Å². The van der Waals surface area contributed by atoms with Gasteiger partial charge in [-0.2, -0.15) is 0 Å². The minimum Gasteiger partial charge on any atom is -0.457 e. The van der Waals surface area contributed by atoms with Crippen molar-refractivity contribution in [1.82, 2.24) is 0 Å². The molecule has 3 rings (SSSR count). The van der Waals surface area contributed by atoms with Crippen LogP contribution < -0.4 is 4.74 Å². The molecule has 0 saturated carbocycles. The summed E-state index contributed by atoms with van der Waals surface area (Å²) in [7, 11) is 0. The molecule has 0 spiro atoms. The second kappa shape index (κ2) is 11.8. The molecule has 0 aromatic heterocycles. The van der Waals surface area contributed by atoms with Crippen LogP contribution in [0.2, 0.25) is 0 Å². The van der Waals surface area contributed by atoms with Crippen LogP contribution in [0.4, 0.5) is 0 Å². The fourth-order valence-electron chi connectivity index (χ4n) is 3.84. The fourth-order valence-corrected chi connectivity index (χ4v) is 4.24. The summed E-state index contributed by atoms with van der Waals surface area (Å²) in [6, 6.07) is 8.74. The molecule has 0 fully saturated rings. The molecule has 1 aliphatic heterocycles. The summed E-state index contributed by atoms with van der Waals surface area (Å²) in [6.07, 6.45) is 2.98. The molecule has 7 heteroatoms. The van der Waals surface area contributed by atoms with Crippen LogP contribution in [0, 0.1) is 0 Å². The lowest BCUT2D eigenvalue weighted by Crippen LogP contribution is -2.16. The molecule has 0 saturated heterocycles. The monoisotopic (exact) mass is 494 g/mol. The van der Waals surface area contributed by atoms with Crippen LogP contribution in [0.25, 0.3) is 0 Å². The number of Topliss-reactive ketones (excluding diaryl/α,β-unsaturated/α-hetero) is 3. The number of benzene rings is 2. The van der Waals surface area contributed by atoms with Crippen molar-refractivity contribution < 1.29 is 19.1 Å². The molecular formula is C25H25Cl3O4. The Labute approximate surface area is 203 Å². The number of carbonyl (C=O) groups excluding carboxylic acids is 3. The molecule has 0 radical (unpaired) electrons. The van der Waals surface area contributed by atoms with Crippen LogP contribution in [0.3, 0.4) is 0 Å². The largest absolute Gasteiger partial charge is 0.457 e. The molecule has 2 aromatic rings. The Morgan fingerprint density at radius 3 is 2.00 bits per heavy atom. The van der Waals surface area contributed by atoms with Gasteiger partial charge in [-0.1, -0.05) is 0 Å². The number of hydrogen-bond donors (Lipinski definition) is 0. The van der Waals surface area contributed by atoms with E-state index >= 15 is 0 Å². The molecule has 0 amide bonds.